The summed E-state index contributed by atoms with van der Waals surface area (Å²) in [6.45, 7) is 6.11. The van der Waals surface area contributed by atoms with E-state index in [1.807, 2.05) is 0 Å². The van der Waals surface area contributed by atoms with Gasteiger partial charge in [-0.25, -0.2) is 0 Å². The molecule has 0 heterocycles. The SMILES string of the molecule is CCCCCCOC(C)(C)C(=O)CCC(=O)O. The Morgan fingerprint density at radius 3 is 2.29 bits per heavy atom. The van der Waals surface area contributed by atoms with Crippen molar-refractivity contribution in [2.75, 3.05) is 6.61 Å². The smallest absolute Gasteiger partial charge is 0.303 e. The molecule has 0 aliphatic carbocycles. The minimum atomic E-state index is -0.947. The van der Waals surface area contributed by atoms with E-state index in [1.165, 1.54) is 12.8 Å². The Kier molecular flexibility index (Phi) is 7.79. The number of carboxylic acid groups (broad SMARTS) is 1. The molecule has 0 aliphatic heterocycles. The summed E-state index contributed by atoms with van der Waals surface area (Å²) in [4.78, 5) is 22.1. The molecule has 0 aromatic carbocycles. The minimum Gasteiger partial charge on any atom is -0.481 e. The fourth-order valence-electron chi connectivity index (χ4n) is 1.46. The lowest BCUT2D eigenvalue weighted by Gasteiger charge is -2.23. The molecule has 0 saturated heterocycles. The fourth-order valence-corrected chi connectivity index (χ4v) is 1.46. The van der Waals surface area contributed by atoms with Crippen molar-refractivity contribution < 1.29 is 19.4 Å². The molecule has 4 heteroatoms. The molecular formula is C13H24O4. The number of carbonyl (C=O) groups is 2. The van der Waals surface area contributed by atoms with Gasteiger partial charge in [-0.1, -0.05) is 26.2 Å². The van der Waals surface area contributed by atoms with Crippen molar-refractivity contribution in [3.63, 3.8) is 0 Å². The van der Waals surface area contributed by atoms with E-state index in [0.29, 0.717) is 6.61 Å². The van der Waals surface area contributed by atoms with Gasteiger partial charge in [0.15, 0.2) is 5.78 Å². The second kappa shape index (κ2) is 8.23. The van der Waals surface area contributed by atoms with E-state index in [4.69, 9.17) is 9.84 Å². The molecule has 0 unspecified atom stereocenters. The summed E-state index contributed by atoms with van der Waals surface area (Å²) in [5.74, 6) is -1.09. The molecule has 0 fully saturated rings. The van der Waals surface area contributed by atoms with Crippen molar-refractivity contribution >= 4 is 11.8 Å². The molecule has 0 aromatic rings. The van der Waals surface area contributed by atoms with Crippen LogP contribution in [-0.4, -0.2) is 29.1 Å². The molecule has 0 spiro atoms. The average Bonchev–Trinajstić information content (AvgIpc) is 2.25. The van der Waals surface area contributed by atoms with E-state index in [0.717, 1.165) is 12.8 Å². The van der Waals surface area contributed by atoms with Crippen molar-refractivity contribution in [3.8, 4) is 0 Å². The molecule has 0 saturated carbocycles. The third-order valence-electron chi connectivity index (χ3n) is 2.70. The summed E-state index contributed by atoms with van der Waals surface area (Å²) in [5.41, 5.74) is -0.859. The molecule has 4 nitrogen and oxygen atoms in total. The highest BCUT2D eigenvalue weighted by Gasteiger charge is 2.27. The van der Waals surface area contributed by atoms with Crippen LogP contribution in [0.15, 0.2) is 0 Å². The Labute approximate surface area is 103 Å². The lowest BCUT2D eigenvalue weighted by atomic mass is 9.99. The largest absolute Gasteiger partial charge is 0.481 e. The van der Waals surface area contributed by atoms with Crippen molar-refractivity contribution in [2.45, 2.75) is 64.9 Å². The Balaban J connectivity index is 3.84. The Bertz CT molecular complexity index is 246. The van der Waals surface area contributed by atoms with Crippen molar-refractivity contribution in [1.29, 1.82) is 0 Å². The zero-order valence-corrected chi connectivity index (χ0v) is 11.1. The first-order valence-electron chi connectivity index (χ1n) is 6.29. The summed E-state index contributed by atoms with van der Waals surface area (Å²) in [6, 6.07) is 0. The summed E-state index contributed by atoms with van der Waals surface area (Å²) < 4.78 is 5.53. The lowest BCUT2D eigenvalue weighted by molar-refractivity contribution is -0.145. The predicted molar refractivity (Wildman–Crippen MR) is 66.0 cm³/mol. The lowest BCUT2D eigenvalue weighted by Crippen LogP contribution is -2.35. The molecule has 100 valence electrons. The number of ether oxygens (including phenoxy) is 1. The molecule has 1 N–H and O–H groups in total. The number of rotatable bonds is 10. The van der Waals surface area contributed by atoms with Gasteiger partial charge in [-0.05, 0) is 20.3 Å². The molecule has 0 rings (SSSR count). The monoisotopic (exact) mass is 244 g/mol. The van der Waals surface area contributed by atoms with Gasteiger partial charge in [0.2, 0.25) is 0 Å². The maximum absolute atomic E-state index is 11.7. The van der Waals surface area contributed by atoms with Gasteiger partial charge in [0.25, 0.3) is 0 Å². The topological polar surface area (TPSA) is 63.6 Å². The summed E-state index contributed by atoms with van der Waals surface area (Å²) in [6.07, 6.45) is 4.32. The Morgan fingerprint density at radius 1 is 1.12 bits per heavy atom. The standard InChI is InChI=1S/C13H24O4/c1-4-5-6-7-10-17-13(2,3)11(14)8-9-12(15)16/h4-10H2,1-3H3,(H,15,16). The molecule has 0 aromatic heterocycles. The normalized spacial score (nSPS) is 11.5. The number of unbranched alkanes of at least 4 members (excludes halogenated alkanes) is 3. The van der Waals surface area contributed by atoms with E-state index >= 15 is 0 Å². The van der Waals surface area contributed by atoms with Crippen LogP contribution >= 0.6 is 0 Å². The van der Waals surface area contributed by atoms with Crippen LogP contribution in [0.2, 0.25) is 0 Å². The van der Waals surface area contributed by atoms with Gasteiger partial charge in [-0.15, -0.1) is 0 Å². The van der Waals surface area contributed by atoms with Crippen LogP contribution in [0.1, 0.15) is 59.3 Å². The zero-order chi connectivity index (χ0) is 13.3. The third kappa shape index (κ3) is 7.91. The van der Waals surface area contributed by atoms with Crippen LogP contribution in [0, 0.1) is 0 Å². The number of hydrogen-bond acceptors (Lipinski definition) is 3. The summed E-state index contributed by atoms with van der Waals surface area (Å²) in [7, 11) is 0. The van der Waals surface area contributed by atoms with Crippen LogP contribution in [0.3, 0.4) is 0 Å². The first-order chi connectivity index (χ1) is 7.90. The van der Waals surface area contributed by atoms with E-state index in [2.05, 4.69) is 6.92 Å². The quantitative estimate of drug-likeness (QED) is 0.600. The van der Waals surface area contributed by atoms with E-state index in [9.17, 15) is 9.59 Å². The molecule has 17 heavy (non-hydrogen) atoms. The Morgan fingerprint density at radius 2 is 1.76 bits per heavy atom. The molecular weight excluding hydrogens is 220 g/mol. The fraction of sp³-hybridized carbons (Fsp3) is 0.846. The number of carboxylic acids is 1. The van der Waals surface area contributed by atoms with Crippen LogP contribution in [0.25, 0.3) is 0 Å². The van der Waals surface area contributed by atoms with Gasteiger partial charge in [-0.3, -0.25) is 9.59 Å². The van der Waals surface area contributed by atoms with Crippen molar-refractivity contribution in [1.82, 2.24) is 0 Å². The van der Waals surface area contributed by atoms with Crippen molar-refractivity contribution in [3.05, 3.63) is 0 Å². The molecule has 0 atom stereocenters. The number of carbonyl (C=O) groups excluding carboxylic acids is 1. The number of ketones is 1. The molecule has 0 amide bonds. The minimum absolute atomic E-state index is 0.0390. The predicted octanol–water partition coefficient (Wildman–Crippen LogP) is 2.80. The second-order valence-electron chi connectivity index (χ2n) is 4.74. The van der Waals surface area contributed by atoms with Gasteiger partial charge in [0.1, 0.15) is 5.60 Å². The van der Waals surface area contributed by atoms with Crippen LogP contribution in [-0.2, 0) is 14.3 Å². The Hall–Kier alpha value is -0.900. The summed E-state index contributed by atoms with van der Waals surface area (Å²) >= 11 is 0. The number of Topliss-reactive ketones (excluding diaryl/α,β-unsaturated/α-hetero) is 1. The highest BCUT2D eigenvalue weighted by atomic mass is 16.5. The number of aliphatic carboxylic acids is 1. The maximum atomic E-state index is 11.7. The highest BCUT2D eigenvalue weighted by molar-refractivity contribution is 5.88. The average molecular weight is 244 g/mol. The van der Waals surface area contributed by atoms with Gasteiger partial charge < -0.3 is 9.84 Å². The maximum Gasteiger partial charge on any atom is 0.303 e. The van der Waals surface area contributed by atoms with Gasteiger partial charge in [0.05, 0.1) is 6.42 Å². The highest BCUT2D eigenvalue weighted by Crippen LogP contribution is 2.15. The van der Waals surface area contributed by atoms with Gasteiger partial charge in [0, 0.05) is 13.0 Å². The van der Waals surface area contributed by atoms with E-state index in [-0.39, 0.29) is 18.6 Å². The third-order valence-corrected chi connectivity index (χ3v) is 2.70. The zero-order valence-electron chi connectivity index (χ0n) is 11.1. The molecule has 0 bridgehead atoms. The van der Waals surface area contributed by atoms with Gasteiger partial charge in [-0.2, -0.15) is 0 Å². The second-order valence-corrected chi connectivity index (χ2v) is 4.74. The summed E-state index contributed by atoms with van der Waals surface area (Å²) in [5, 5.41) is 8.51. The van der Waals surface area contributed by atoms with E-state index in [1.54, 1.807) is 13.8 Å². The molecule has 0 aliphatic rings. The van der Waals surface area contributed by atoms with Crippen LogP contribution < -0.4 is 0 Å². The van der Waals surface area contributed by atoms with Crippen LogP contribution in [0.4, 0.5) is 0 Å². The first-order valence-corrected chi connectivity index (χ1v) is 6.29. The first kappa shape index (κ1) is 16.1. The van der Waals surface area contributed by atoms with Gasteiger partial charge >= 0.3 is 5.97 Å². The molecule has 0 radical (unpaired) electrons. The number of hydrogen-bond donors (Lipinski definition) is 1. The van der Waals surface area contributed by atoms with Crippen molar-refractivity contribution in [2.24, 2.45) is 0 Å². The van der Waals surface area contributed by atoms with E-state index < -0.39 is 11.6 Å². The van der Waals surface area contributed by atoms with Crippen LogP contribution in [0.5, 0.6) is 0 Å².